The predicted molar refractivity (Wildman–Crippen MR) is 138 cm³/mol. The minimum Gasteiger partial charge on any atom is -0.486 e. The number of likely N-dealkylation sites (tertiary alicyclic amines) is 1. The lowest BCUT2D eigenvalue weighted by Crippen LogP contribution is -2.45. The zero-order valence-electron chi connectivity index (χ0n) is 20.5. The lowest BCUT2D eigenvalue weighted by Gasteiger charge is -2.32. The number of aromatic nitrogens is 5. The molecule has 1 saturated heterocycles. The van der Waals surface area contributed by atoms with Gasteiger partial charge in [0.15, 0.2) is 5.65 Å². The highest BCUT2D eigenvalue weighted by molar-refractivity contribution is 5.95. The maximum Gasteiger partial charge on any atom is 0.158 e. The summed E-state index contributed by atoms with van der Waals surface area (Å²) < 4.78 is 28.7. The Morgan fingerprint density at radius 3 is 2.81 bits per heavy atom. The van der Waals surface area contributed by atoms with Gasteiger partial charge in [-0.05, 0) is 62.4 Å². The van der Waals surface area contributed by atoms with Gasteiger partial charge in [-0.1, -0.05) is 6.07 Å². The first-order chi connectivity index (χ1) is 18.0. The van der Waals surface area contributed by atoms with Crippen LogP contribution in [0, 0.1) is 6.92 Å². The summed E-state index contributed by atoms with van der Waals surface area (Å²) >= 11 is 0. The summed E-state index contributed by atoms with van der Waals surface area (Å²) in [6, 6.07) is 15.1. The third-order valence-electron chi connectivity index (χ3n) is 6.51. The number of hydrogen-bond acceptors (Lipinski definition) is 8. The summed E-state index contributed by atoms with van der Waals surface area (Å²) in [4.78, 5) is 15.1. The molecule has 2 aromatic carbocycles. The van der Waals surface area contributed by atoms with Gasteiger partial charge in [0.2, 0.25) is 0 Å². The molecule has 3 aromatic heterocycles. The summed E-state index contributed by atoms with van der Waals surface area (Å²) in [5.74, 6) is 2.56. The lowest BCUT2D eigenvalue weighted by molar-refractivity contribution is 0.0323. The van der Waals surface area contributed by atoms with E-state index in [9.17, 15) is 4.39 Å². The fraction of sp³-hybridized carbons (Fsp3) is 0.259. The van der Waals surface area contributed by atoms with Gasteiger partial charge in [-0.2, -0.15) is 5.10 Å². The number of nitrogens with one attached hydrogen (secondary N) is 1. The van der Waals surface area contributed by atoms with Crippen molar-refractivity contribution in [2.75, 3.05) is 25.5 Å². The largest absolute Gasteiger partial charge is 0.486 e. The second kappa shape index (κ2) is 9.62. The first-order valence-corrected chi connectivity index (χ1v) is 12.1. The number of nitrogens with zero attached hydrogens (tertiary/aromatic N) is 6. The van der Waals surface area contributed by atoms with E-state index in [1.807, 2.05) is 67.4 Å². The number of pyridine rings is 1. The average Bonchev–Trinajstić information content (AvgIpc) is 3.36. The number of alkyl halides is 1. The van der Waals surface area contributed by atoms with E-state index < -0.39 is 12.3 Å². The monoisotopic (exact) mass is 499 g/mol. The van der Waals surface area contributed by atoms with E-state index in [4.69, 9.17) is 9.47 Å². The highest BCUT2D eigenvalue weighted by Crippen LogP contribution is 2.35. The van der Waals surface area contributed by atoms with E-state index in [0.717, 1.165) is 34.4 Å². The average molecular weight is 500 g/mol. The summed E-state index contributed by atoms with van der Waals surface area (Å²) in [7, 11) is 1.92. The number of fused-ring (bicyclic) bond motifs is 2. The molecule has 188 valence electrons. The van der Waals surface area contributed by atoms with Crippen LogP contribution in [0.25, 0.3) is 16.6 Å². The fourth-order valence-corrected chi connectivity index (χ4v) is 4.57. The Balaban J connectivity index is 1.25. The SMILES string of the molecule is Cc1cc(Nc2ncnc3cccc(OC4CCN(C)CC4F)c23)ccc1Oc1ccn2ncnc2c1. The summed E-state index contributed by atoms with van der Waals surface area (Å²) in [6.45, 7) is 3.12. The van der Waals surface area contributed by atoms with E-state index >= 15 is 0 Å². The smallest absolute Gasteiger partial charge is 0.158 e. The van der Waals surface area contributed by atoms with Gasteiger partial charge < -0.3 is 19.7 Å². The van der Waals surface area contributed by atoms with Crippen LogP contribution >= 0.6 is 0 Å². The molecule has 1 N–H and O–H groups in total. The summed E-state index contributed by atoms with van der Waals surface area (Å²) in [5.41, 5.74) is 3.20. The van der Waals surface area contributed by atoms with E-state index in [1.54, 1.807) is 10.7 Å². The quantitative estimate of drug-likeness (QED) is 0.352. The molecule has 1 aliphatic heterocycles. The molecule has 9 nitrogen and oxygen atoms in total. The van der Waals surface area contributed by atoms with Crippen LogP contribution in [-0.2, 0) is 0 Å². The maximum atomic E-state index is 14.7. The number of benzene rings is 2. The molecule has 0 bridgehead atoms. The standard InChI is InChI=1S/C27H26FN7O2/c1-17-12-18(6-7-22(17)36-19-8-11-35-25(13-19)30-16-32-35)33-27-26-21(29-15-31-27)4-3-5-24(26)37-23-9-10-34(2)14-20(23)28/h3-8,11-13,15-16,20,23H,9-10,14H2,1-2H3,(H,29,31,33). The maximum absolute atomic E-state index is 14.7. The molecule has 37 heavy (non-hydrogen) atoms. The molecule has 0 radical (unpaired) electrons. The molecule has 10 heteroatoms. The van der Waals surface area contributed by atoms with Crippen LogP contribution in [0.1, 0.15) is 12.0 Å². The first kappa shape index (κ1) is 23.1. The minimum absolute atomic E-state index is 0.359. The number of anilines is 2. The van der Waals surface area contributed by atoms with Crippen LogP contribution in [0.4, 0.5) is 15.9 Å². The van der Waals surface area contributed by atoms with Crippen LogP contribution in [0.15, 0.2) is 67.4 Å². The van der Waals surface area contributed by atoms with Crippen molar-refractivity contribution in [1.82, 2.24) is 29.5 Å². The molecule has 2 unspecified atom stereocenters. The van der Waals surface area contributed by atoms with Crippen molar-refractivity contribution >= 4 is 28.1 Å². The molecule has 6 rings (SSSR count). The van der Waals surface area contributed by atoms with Crippen molar-refractivity contribution < 1.29 is 13.9 Å². The van der Waals surface area contributed by atoms with Crippen molar-refractivity contribution in [2.45, 2.75) is 25.6 Å². The number of halogens is 1. The molecule has 4 heterocycles. The molecule has 0 aliphatic carbocycles. The summed E-state index contributed by atoms with van der Waals surface area (Å²) in [6.07, 6.45) is 3.87. The van der Waals surface area contributed by atoms with Crippen molar-refractivity contribution in [3.8, 4) is 17.2 Å². The van der Waals surface area contributed by atoms with E-state index in [0.29, 0.717) is 35.9 Å². The van der Waals surface area contributed by atoms with Crippen LogP contribution in [0.2, 0.25) is 0 Å². The molecule has 0 saturated carbocycles. The Kier molecular flexibility index (Phi) is 6.01. The topological polar surface area (TPSA) is 89.7 Å². The highest BCUT2D eigenvalue weighted by Gasteiger charge is 2.30. The van der Waals surface area contributed by atoms with Gasteiger partial charge in [0.05, 0.1) is 10.9 Å². The molecular weight excluding hydrogens is 473 g/mol. The third-order valence-corrected chi connectivity index (χ3v) is 6.51. The summed E-state index contributed by atoms with van der Waals surface area (Å²) in [5, 5.41) is 8.21. The van der Waals surface area contributed by atoms with Gasteiger partial charge >= 0.3 is 0 Å². The molecular formula is C27H26FN7O2. The van der Waals surface area contributed by atoms with Crippen LogP contribution in [-0.4, -0.2) is 61.9 Å². The number of rotatable bonds is 6. The molecule has 0 amide bonds. The zero-order chi connectivity index (χ0) is 25.4. The second-order valence-electron chi connectivity index (χ2n) is 9.23. The Bertz CT molecular complexity index is 1570. The van der Waals surface area contributed by atoms with Gasteiger partial charge in [0.25, 0.3) is 0 Å². The van der Waals surface area contributed by atoms with Crippen LogP contribution < -0.4 is 14.8 Å². The number of ether oxygens (including phenoxy) is 2. The van der Waals surface area contributed by atoms with Crippen molar-refractivity contribution in [1.29, 1.82) is 0 Å². The first-order valence-electron chi connectivity index (χ1n) is 12.1. The van der Waals surface area contributed by atoms with Crippen molar-refractivity contribution in [3.05, 3.63) is 72.9 Å². The number of aryl methyl sites for hydroxylation is 1. The molecule has 5 aromatic rings. The van der Waals surface area contributed by atoms with Gasteiger partial charge in [-0.25, -0.2) is 23.9 Å². The predicted octanol–water partition coefficient (Wildman–Crippen LogP) is 4.94. The molecule has 0 spiro atoms. The van der Waals surface area contributed by atoms with Crippen LogP contribution in [0.3, 0.4) is 0 Å². The number of piperidine rings is 1. The van der Waals surface area contributed by atoms with Crippen molar-refractivity contribution in [2.24, 2.45) is 0 Å². The van der Waals surface area contributed by atoms with E-state index in [2.05, 4.69) is 25.4 Å². The normalized spacial score (nSPS) is 18.2. The van der Waals surface area contributed by atoms with E-state index in [1.165, 1.54) is 12.7 Å². The van der Waals surface area contributed by atoms with Crippen molar-refractivity contribution in [3.63, 3.8) is 0 Å². The lowest BCUT2D eigenvalue weighted by atomic mass is 10.1. The Morgan fingerprint density at radius 1 is 1.03 bits per heavy atom. The minimum atomic E-state index is -1.06. The molecule has 2 atom stereocenters. The van der Waals surface area contributed by atoms with Gasteiger partial charge in [-0.15, -0.1) is 0 Å². The Hall–Kier alpha value is -4.31. The van der Waals surface area contributed by atoms with Gasteiger partial charge in [0, 0.05) is 31.0 Å². The zero-order valence-corrected chi connectivity index (χ0v) is 20.5. The second-order valence-corrected chi connectivity index (χ2v) is 9.23. The highest BCUT2D eigenvalue weighted by atomic mass is 19.1. The molecule has 1 fully saturated rings. The molecule has 1 aliphatic rings. The fourth-order valence-electron chi connectivity index (χ4n) is 4.57. The van der Waals surface area contributed by atoms with Gasteiger partial charge in [-0.3, -0.25) is 0 Å². The Labute approximate surface area is 212 Å². The van der Waals surface area contributed by atoms with Crippen LogP contribution in [0.5, 0.6) is 17.2 Å². The number of hydrogen-bond donors (Lipinski definition) is 1. The van der Waals surface area contributed by atoms with E-state index in [-0.39, 0.29) is 0 Å². The third kappa shape index (κ3) is 4.75. The Morgan fingerprint density at radius 2 is 1.95 bits per heavy atom. The van der Waals surface area contributed by atoms with Gasteiger partial charge in [0.1, 0.15) is 48.0 Å².